The largest absolute Gasteiger partial charge is 0.463 e. The van der Waals surface area contributed by atoms with Crippen molar-refractivity contribution in [3.63, 3.8) is 0 Å². The van der Waals surface area contributed by atoms with Crippen LogP contribution in [0.1, 0.15) is 85.5 Å². The predicted octanol–water partition coefficient (Wildman–Crippen LogP) is 4.89. The number of hydrogen-bond donors (Lipinski definition) is 0. The van der Waals surface area contributed by atoms with E-state index in [9.17, 15) is 9.59 Å². The molecule has 4 rings (SSSR count). The number of esters is 2. The summed E-state index contributed by atoms with van der Waals surface area (Å²) < 4.78 is 11.3. The molecule has 4 saturated carbocycles. The molecular weight excluding hydrogens is 340 g/mol. The van der Waals surface area contributed by atoms with Crippen molar-refractivity contribution >= 4 is 11.9 Å². The van der Waals surface area contributed by atoms with Crippen LogP contribution in [0.25, 0.3) is 0 Å². The number of carbonyl (C=O) groups excluding carboxylic acids is 2. The highest BCUT2D eigenvalue weighted by molar-refractivity contribution is 5.66. The molecule has 0 radical (unpaired) electrons. The van der Waals surface area contributed by atoms with Gasteiger partial charge in [-0.3, -0.25) is 9.59 Å². The van der Waals surface area contributed by atoms with Crippen LogP contribution in [0.15, 0.2) is 0 Å². The van der Waals surface area contributed by atoms with E-state index in [0.717, 1.165) is 31.1 Å². The third-order valence-corrected chi connectivity index (χ3v) is 9.17. The van der Waals surface area contributed by atoms with Crippen molar-refractivity contribution in [1.29, 1.82) is 0 Å². The molecule has 0 heterocycles. The van der Waals surface area contributed by atoms with E-state index in [0.29, 0.717) is 17.3 Å². The zero-order chi connectivity index (χ0) is 19.4. The van der Waals surface area contributed by atoms with Crippen molar-refractivity contribution in [2.45, 2.75) is 97.7 Å². The lowest BCUT2D eigenvalue weighted by atomic mass is 9.45. The lowest BCUT2D eigenvalue weighted by molar-refractivity contribution is -0.167. The summed E-state index contributed by atoms with van der Waals surface area (Å²) in [6.07, 6.45) is 10.8. The fourth-order valence-electron chi connectivity index (χ4n) is 7.91. The molecule has 0 spiro atoms. The highest BCUT2D eigenvalue weighted by atomic mass is 16.5. The standard InChI is InChI=1S/C23H36O4/c1-14(24)26-17-9-11-22(3)16(13-17)5-6-18-19-7-8-21(27-15(2)25)23(19,4)12-10-20(18)22/h16-21H,5-13H2,1-4H3/t16-,17-,18+,19+,20+,21+,22+,23+/m1/s1. The zero-order valence-corrected chi connectivity index (χ0v) is 17.5. The van der Waals surface area contributed by atoms with Crippen molar-refractivity contribution in [2.75, 3.05) is 0 Å². The van der Waals surface area contributed by atoms with Gasteiger partial charge < -0.3 is 9.47 Å². The van der Waals surface area contributed by atoms with Gasteiger partial charge in [-0.15, -0.1) is 0 Å². The second-order valence-corrected chi connectivity index (χ2v) is 10.4. The summed E-state index contributed by atoms with van der Waals surface area (Å²) in [7, 11) is 0. The minimum atomic E-state index is -0.131. The second-order valence-electron chi connectivity index (χ2n) is 10.4. The minimum absolute atomic E-state index is 0.117. The Kier molecular flexibility index (Phi) is 4.83. The second kappa shape index (κ2) is 6.77. The molecule has 152 valence electrons. The number of carbonyl (C=O) groups is 2. The lowest BCUT2D eigenvalue weighted by Crippen LogP contribution is -2.54. The van der Waals surface area contributed by atoms with E-state index in [4.69, 9.17) is 9.47 Å². The van der Waals surface area contributed by atoms with Crippen LogP contribution in [0.4, 0.5) is 0 Å². The number of hydrogen-bond acceptors (Lipinski definition) is 4. The molecule has 0 saturated heterocycles. The molecule has 4 fully saturated rings. The van der Waals surface area contributed by atoms with Gasteiger partial charge in [-0.25, -0.2) is 0 Å². The summed E-state index contributed by atoms with van der Waals surface area (Å²) in [4.78, 5) is 23.0. The van der Waals surface area contributed by atoms with E-state index in [-0.39, 0.29) is 29.6 Å². The summed E-state index contributed by atoms with van der Waals surface area (Å²) in [6.45, 7) is 8.00. The smallest absolute Gasteiger partial charge is 0.302 e. The fraction of sp³-hybridized carbons (Fsp3) is 0.913. The molecular formula is C23H36O4. The van der Waals surface area contributed by atoms with Gasteiger partial charge >= 0.3 is 11.9 Å². The molecule has 8 atom stereocenters. The van der Waals surface area contributed by atoms with Crippen molar-refractivity contribution in [1.82, 2.24) is 0 Å². The molecule has 0 aromatic heterocycles. The van der Waals surface area contributed by atoms with Crippen LogP contribution in [0.3, 0.4) is 0 Å². The van der Waals surface area contributed by atoms with Gasteiger partial charge in [0.2, 0.25) is 0 Å². The monoisotopic (exact) mass is 376 g/mol. The molecule has 0 aromatic carbocycles. The third kappa shape index (κ3) is 3.11. The molecule has 4 aliphatic rings. The fourth-order valence-corrected chi connectivity index (χ4v) is 7.91. The van der Waals surface area contributed by atoms with E-state index in [1.807, 2.05) is 0 Å². The van der Waals surface area contributed by atoms with Gasteiger partial charge in [0.05, 0.1) is 0 Å². The van der Waals surface area contributed by atoms with Crippen molar-refractivity contribution < 1.29 is 19.1 Å². The molecule has 0 bridgehead atoms. The molecule has 4 aliphatic carbocycles. The molecule has 27 heavy (non-hydrogen) atoms. The third-order valence-electron chi connectivity index (χ3n) is 9.17. The molecule has 4 heteroatoms. The van der Waals surface area contributed by atoms with Crippen molar-refractivity contribution in [2.24, 2.45) is 34.5 Å². The zero-order valence-electron chi connectivity index (χ0n) is 17.5. The molecule has 0 aromatic rings. The Hall–Kier alpha value is -1.06. The van der Waals surface area contributed by atoms with E-state index in [1.165, 1.54) is 45.4 Å². The quantitative estimate of drug-likeness (QED) is 0.644. The maximum absolute atomic E-state index is 11.6. The Labute approximate surface area is 163 Å². The van der Waals surface area contributed by atoms with Crippen LogP contribution < -0.4 is 0 Å². The van der Waals surface area contributed by atoms with Crippen LogP contribution in [0.5, 0.6) is 0 Å². The first-order chi connectivity index (χ1) is 12.7. The first-order valence-electron chi connectivity index (χ1n) is 11.1. The molecule has 0 unspecified atom stereocenters. The predicted molar refractivity (Wildman–Crippen MR) is 103 cm³/mol. The van der Waals surface area contributed by atoms with Gasteiger partial charge in [-0.05, 0) is 86.9 Å². The first kappa shape index (κ1) is 19.3. The van der Waals surface area contributed by atoms with Crippen LogP contribution in [0.2, 0.25) is 0 Å². The number of rotatable bonds is 2. The summed E-state index contributed by atoms with van der Waals surface area (Å²) in [6, 6.07) is 0. The lowest BCUT2D eigenvalue weighted by Gasteiger charge is -2.60. The number of ether oxygens (including phenoxy) is 2. The topological polar surface area (TPSA) is 52.6 Å². The maximum Gasteiger partial charge on any atom is 0.302 e. The number of fused-ring (bicyclic) bond motifs is 5. The Morgan fingerprint density at radius 2 is 1.44 bits per heavy atom. The SMILES string of the molecule is CC(=O)O[C@@H]1CC[C@@]2(C)[C@H](CC[C@@H]3[C@@H]2CC[C@]2(C)[C@@H](OC(C)=O)CC[C@@H]32)C1. The molecule has 4 nitrogen and oxygen atoms in total. The average Bonchev–Trinajstić information content (AvgIpc) is 2.91. The van der Waals surface area contributed by atoms with Crippen LogP contribution >= 0.6 is 0 Å². The van der Waals surface area contributed by atoms with Gasteiger partial charge in [0.15, 0.2) is 0 Å². The summed E-state index contributed by atoms with van der Waals surface area (Å²) in [5.41, 5.74) is 0.561. The van der Waals surface area contributed by atoms with Crippen molar-refractivity contribution in [3.05, 3.63) is 0 Å². The minimum Gasteiger partial charge on any atom is -0.463 e. The highest BCUT2D eigenvalue weighted by Gasteiger charge is 2.61. The molecule has 0 N–H and O–H groups in total. The van der Waals surface area contributed by atoms with Gasteiger partial charge in [-0.2, -0.15) is 0 Å². The van der Waals surface area contributed by atoms with E-state index in [1.54, 1.807) is 6.92 Å². The van der Waals surface area contributed by atoms with Gasteiger partial charge in [0.25, 0.3) is 0 Å². The Bertz CT molecular complexity index is 615. The molecule has 0 aliphatic heterocycles. The molecule has 0 amide bonds. The Balaban J connectivity index is 1.51. The van der Waals surface area contributed by atoms with Crippen LogP contribution in [-0.4, -0.2) is 24.1 Å². The Morgan fingerprint density at radius 1 is 0.778 bits per heavy atom. The Morgan fingerprint density at radius 3 is 2.15 bits per heavy atom. The maximum atomic E-state index is 11.6. The summed E-state index contributed by atoms with van der Waals surface area (Å²) in [5, 5.41) is 0. The van der Waals surface area contributed by atoms with Gasteiger partial charge in [0.1, 0.15) is 12.2 Å². The van der Waals surface area contributed by atoms with Gasteiger partial charge in [-0.1, -0.05) is 13.8 Å². The normalized spacial score (nSPS) is 48.7. The van der Waals surface area contributed by atoms with E-state index >= 15 is 0 Å². The van der Waals surface area contributed by atoms with Crippen molar-refractivity contribution in [3.8, 4) is 0 Å². The summed E-state index contributed by atoms with van der Waals surface area (Å²) in [5.74, 6) is 2.69. The van der Waals surface area contributed by atoms with E-state index < -0.39 is 0 Å². The highest BCUT2D eigenvalue weighted by Crippen LogP contribution is 2.66. The van der Waals surface area contributed by atoms with E-state index in [2.05, 4.69) is 13.8 Å². The first-order valence-corrected chi connectivity index (χ1v) is 11.1. The average molecular weight is 377 g/mol. The van der Waals surface area contributed by atoms with Crippen LogP contribution in [-0.2, 0) is 19.1 Å². The van der Waals surface area contributed by atoms with Gasteiger partial charge in [0, 0.05) is 19.3 Å². The van der Waals surface area contributed by atoms with Crippen LogP contribution in [0, 0.1) is 34.5 Å². The summed E-state index contributed by atoms with van der Waals surface area (Å²) >= 11 is 0.